The van der Waals surface area contributed by atoms with E-state index in [0.29, 0.717) is 6.61 Å². The molecule has 0 fully saturated rings. The Labute approximate surface area is 89.5 Å². The average molecular weight is 215 g/mol. The van der Waals surface area contributed by atoms with E-state index < -0.39 is 6.10 Å². The molecule has 14 heavy (non-hydrogen) atoms. The molecule has 1 aromatic rings. The Morgan fingerprint density at radius 3 is 2.57 bits per heavy atom. The molecule has 0 heterocycles. The molecule has 2 atom stereocenters. The minimum absolute atomic E-state index is 0.272. The van der Waals surface area contributed by atoms with Gasteiger partial charge in [0, 0.05) is 0 Å². The van der Waals surface area contributed by atoms with Gasteiger partial charge in [0.05, 0.1) is 24.7 Å². The summed E-state index contributed by atoms with van der Waals surface area (Å²) in [6.07, 6.45) is -0.597. The molecular formula is C11H15ClO2. The van der Waals surface area contributed by atoms with Crippen LogP contribution in [0.2, 0.25) is 0 Å². The van der Waals surface area contributed by atoms with Gasteiger partial charge in [0.25, 0.3) is 0 Å². The molecule has 78 valence electrons. The van der Waals surface area contributed by atoms with Crippen molar-refractivity contribution >= 4 is 11.6 Å². The highest BCUT2D eigenvalue weighted by atomic mass is 35.5. The SMILES string of the molecule is C[C@@H](Cl)[C@@H](O)COCc1ccccc1. The lowest BCUT2D eigenvalue weighted by Gasteiger charge is -2.12. The van der Waals surface area contributed by atoms with Crippen LogP contribution in [0.5, 0.6) is 0 Å². The van der Waals surface area contributed by atoms with Crippen molar-refractivity contribution in [1.29, 1.82) is 0 Å². The van der Waals surface area contributed by atoms with E-state index in [-0.39, 0.29) is 12.0 Å². The number of ether oxygens (including phenoxy) is 1. The second kappa shape index (κ2) is 6.02. The summed E-state index contributed by atoms with van der Waals surface area (Å²) in [5, 5.41) is 9.08. The number of alkyl halides is 1. The first-order valence-electron chi connectivity index (χ1n) is 4.64. The van der Waals surface area contributed by atoms with E-state index in [2.05, 4.69) is 0 Å². The third-order valence-corrected chi connectivity index (χ3v) is 2.22. The van der Waals surface area contributed by atoms with Gasteiger partial charge in [-0.05, 0) is 12.5 Å². The van der Waals surface area contributed by atoms with Crippen LogP contribution in [0.3, 0.4) is 0 Å². The Kier molecular flexibility index (Phi) is 4.94. The summed E-state index contributed by atoms with van der Waals surface area (Å²) in [4.78, 5) is 0. The normalized spacial score (nSPS) is 15.1. The second-order valence-electron chi connectivity index (χ2n) is 3.25. The van der Waals surface area contributed by atoms with Crippen LogP contribution in [0.15, 0.2) is 30.3 Å². The summed E-state index contributed by atoms with van der Waals surface area (Å²) in [5.41, 5.74) is 1.10. The Morgan fingerprint density at radius 1 is 1.36 bits per heavy atom. The van der Waals surface area contributed by atoms with E-state index in [0.717, 1.165) is 5.56 Å². The fourth-order valence-corrected chi connectivity index (χ4v) is 1.08. The zero-order valence-electron chi connectivity index (χ0n) is 8.19. The molecule has 0 radical (unpaired) electrons. The molecule has 2 nitrogen and oxygen atoms in total. The number of aliphatic hydroxyl groups is 1. The summed E-state index contributed by atoms with van der Waals surface area (Å²) in [5.74, 6) is 0. The monoisotopic (exact) mass is 214 g/mol. The number of hydrogen-bond acceptors (Lipinski definition) is 2. The minimum atomic E-state index is -0.597. The Bertz CT molecular complexity index is 249. The molecule has 0 saturated carbocycles. The third kappa shape index (κ3) is 4.09. The molecule has 0 amide bonds. The molecule has 1 N–H and O–H groups in total. The van der Waals surface area contributed by atoms with Gasteiger partial charge in [-0.2, -0.15) is 0 Å². The van der Waals surface area contributed by atoms with Gasteiger partial charge in [0.1, 0.15) is 0 Å². The van der Waals surface area contributed by atoms with Gasteiger partial charge in [-0.3, -0.25) is 0 Å². The molecule has 3 heteroatoms. The number of benzene rings is 1. The smallest absolute Gasteiger partial charge is 0.0934 e. The van der Waals surface area contributed by atoms with Crippen molar-refractivity contribution in [3.05, 3.63) is 35.9 Å². The van der Waals surface area contributed by atoms with Gasteiger partial charge in [-0.15, -0.1) is 11.6 Å². The molecule has 0 unspecified atom stereocenters. The fraction of sp³-hybridized carbons (Fsp3) is 0.455. The van der Waals surface area contributed by atoms with Crippen molar-refractivity contribution in [3.63, 3.8) is 0 Å². The number of halogens is 1. The maximum Gasteiger partial charge on any atom is 0.0934 e. The van der Waals surface area contributed by atoms with Crippen LogP contribution in [0.25, 0.3) is 0 Å². The highest BCUT2D eigenvalue weighted by Crippen LogP contribution is 2.04. The Morgan fingerprint density at radius 2 is 2.00 bits per heavy atom. The topological polar surface area (TPSA) is 29.5 Å². The van der Waals surface area contributed by atoms with Crippen molar-refractivity contribution in [2.45, 2.75) is 25.0 Å². The van der Waals surface area contributed by atoms with Crippen LogP contribution in [0.4, 0.5) is 0 Å². The first kappa shape index (κ1) is 11.5. The maximum atomic E-state index is 9.35. The highest BCUT2D eigenvalue weighted by Gasteiger charge is 2.10. The largest absolute Gasteiger partial charge is 0.389 e. The van der Waals surface area contributed by atoms with E-state index in [1.54, 1.807) is 6.92 Å². The van der Waals surface area contributed by atoms with Crippen LogP contribution in [-0.2, 0) is 11.3 Å². The third-order valence-electron chi connectivity index (χ3n) is 1.93. The average Bonchev–Trinajstić information content (AvgIpc) is 2.19. The van der Waals surface area contributed by atoms with E-state index in [1.165, 1.54) is 0 Å². The van der Waals surface area contributed by atoms with E-state index in [1.807, 2.05) is 30.3 Å². The van der Waals surface area contributed by atoms with Crippen LogP contribution in [0, 0.1) is 0 Å². The molecule has 1 aromatic carbocycles. The molecule has 1 rings (SSSR count). The maximum absolute atomic E-state index is 9.35. The molecule has 0 spiro atoms. The molecule has 0 saturated heterocycles. The van der Waals surface area contributed by atoms with Crippen molar-refractivity contribution in [2.24, 2.45) is 0 Å². The predicted molar refractivity (Wildman–Crippen MR) is 57.4 cm³/mol. The van der Waals surface area contributed by atoms with Gasteiger partial charge in [0.2, 0.25) is 0 Å². The molecular weight excluding hydrogens is 200 g/mol. The van der Waals surface area contributed by atoms with Gasteiger partial charge in [-0.25, -0.2) is 0 Å². The Hall–Kier alpha value is -0.570. The summed E-state index contributed by atoms with van der Waals surface area (Å²) in [6, 6.07) is 9.84. The zero-order valence-corrected chi connectivity index (χ0v) is 8.95. The standard InChI is InChI=1S/C11H15ClO2/c1-9(12)11(13)8-14-7-10-5-3-2-4-6-10/h2-6,9,11,13H,7-8H2,1H3/t9-,11+/m1/s1. The summed E-state index contributed by atoms with van der Waals surface area (Å²) >= 11 is 5.68. The molecule has 0 aromatic heterocycles. The van der Waals surface area contributed by atoms with Crippen molar-refractivity contribution < 1.29 is 9.84 Å². The highest BCUT2D eigenvalue weighted by molar-refractivity contribution is 6.20. The van der Waals surface area contributed by atoms with Crippen molar-refractivity contribution in [3.8, 4) is 0 Å². The van der Waals surface area contributed by atoms with Crippen LogP contribution in [-0.4, -0.2) is 23.2 Å². The van der Waals surface area contributed by atoms with Gasteiger partial charge in [0.15, 0.2) is 0 Å². The lowest BCUT2D eigenvalue weighted by atomic mass is 10.2. The van der Waals surface area contributed by atoms with Crippen molar-refractivity contribution in [2.75, 3.05) is 6.61 Å². The summed E-state index contributed by atoms with van der Waals surface area (Å²) in [6.45, 7) is 2.54. The van der Waals surface area contributed by atoms with Crippen LogP contribution in [0.1, 0.15) is 12.5 Å². The molecule has 0 aliphatic carbocycles. The van der Waals surface area contributed by atoms with Gasteiger partial charge >= 0.3 is 0 Å². The van der Waals surface area contributed by atoms with E-state index >= 15 is 0 Å². The summed E-state index contributed by atoms with van der Waals surface area (Å²) < 4.78 is 5.31. The van der Waals surface area contributed by atoms with E-state index in [9.17, 15) is 5.11 Å². The lowest BCUT2D eigenvalue weighted by molar-refractivity contribution is 0.0287. The molecule has 0 aliphatic rings. The first-order chi connectivity index (χ1) is 6.70. The molecule has 0 aliphatic heterocycles. The van der Waals surface area contributed by atoms with Gasteiger partial charge in [-0.1, -0.05) is 30.3 Å². The Balaban J connectivity index is 2.22. The fourth-order valence-electron chi connectivity index (χ4n) is 1.00. The number of rotatable bonds is 5. The molecule has 0 bridgehead atoms. The predicted octanol–water partition coefficient (Wildman–Crippen LogP) is 2.19. The quantitative estimate of drug-likeness (QED) is 0.762. The zero-order chi connectivity index (χ0) is 10.4. The number of hydrogen-bond donors (Lipinski definition) is 1. The second-order valence-corrected chi connectivity index (χ2v) is 3.93. The first-order valence-corrected chi connectivity index (χ1v) is 5.07. The van der Waals surface area contributed by atoms with Crippen molar-refractivity contribution in [1.82, 2.24) is 0 Å². The van der Waals surface area contributed by atoms with E-state index in [4.69, 9.17) is 16.3 Å². The van der Waals surface area contributed by atoms with Crippen LogP contribution >= 0.6 is 11.6 Å². The summed E-state index contributed by atoms with van der Waals surface area (Å²) in [7, 11) is 0. The van der Waals surface area contributed by atoms with Crippen LogP contribution < -0.4 is 0 Å². The lowest BCUT2D eigenvalue weighted by Crippen LogP contribution is -2.23. The number of aliphatic hydroxyl groups excluding tert-OH is 1. The van der Waals surface area contributed by atoms with Gasteiger partial charge < -0.3 is 9.84 Å². The minimum Gasteiger partial charge on any atom is -0.389 e.